The van der Waals surface area contributed by atoms with E-state index in [0.717, 1.165) is 92.5 Å². The van der Waals surface area contributed by atoms with E-state index in [9.17, 15) is 0 Å². The second-order valence-electron chi connectivity index (χ2n) is 12.6. The van der Waals surface area contributed by atoms with Crippen LogP contribution in [0.2, 0.25) is 0 Å². The van der Waals surface area contributed by atoms with Crippen LogP contribution in [-0.2, 0) is 12.8 Å². The lowest BCUT2D eigenvalue weighted by molar-refractivity contribution is 0.546. The molecule has 5 aromatic carbocycles. The molecule has 8 aromatic rings. The first-order valence-electron chi connectivity index (χ1n) is 16.6. The zero-order chi connectivity index (χ0) is 31.6. The monoisotopic (exact) mass is 619 g/mol. The van der Waals surface area contributed by atoms with Crippen molar-refractivity contribution in [1.82, 2.24) is 15.0 Å². The summed E-state index contributed by atoms with van der Waals surface area (Å²) in [4.78, 5) is 15.6. The molecule has 0 saturated carbocycles. The minimum Gasteiger partial charge on any atom is -0.460 e. The molecule has 5 heteroatoms. The summed E-state index contributed by atoms with van der Waals surface area (Å²) < 4.78 is 13.1. The Labute approximate surface area is 276 Å². The van der Waals surface area contributed by atoms with Crippen LogP contribution in [0.5, 0.6) is 0 Å². The Kier molecular flexibility index (Phi) is 6.06. The lowest BCUT2D eigenvalue weighted by Crippen LogP contribution is -2.06. The number of allylic oxidation sites excluding steroid dienone is 2. The van der Waals surface area contributed by atoms with Gasteiger partial charge < -0.3 is 8.83 Å². The molecule has 0 atom stereocenters. The first-order valence-corrected chi connectivity index (χ1v) is 16.6. The number of hydrogen-bond donors (Lipinski definition) is 0. The predicted octanol–water partition coefficient (Wildman–Crippen LogP) is 10.9. The molecular formula is C43H29N3O2. The van der Waals surface area contributed by atoms with Gasteiger partial charge in [0.1, 0.15) is 22.7 Å². The zero-order valence-corrected chi connectivity index (χ0v) is 26.1. The van der Waals surface area contributed by atoms with E-state index in [4.69, 9.17) is 23.8 Å². The van der Waals surface area contributed by atoms with Crippen molar-refractivity contribution >= 4 is 44.4 Å². The molecule has 0 spiro atoms. The summed E-state index contributed by atoms with van der Waals surface area (Å²) in [7, 11) is 0. The molecule has 0 radical (unpaired) electrons. The van der Waals surface area contributed by atoms with E-state index in [1.807, 2.05) is 42.5 Å². The van der Waals surface area contributed by atoms with Gasteiger partial charge in [0.05, 0.1) is 5.57 Å². The van der Waals surface area contributed by atoms with Crippen LogP contribution in [0.3, 0.4) is 0 Å². The first-order chi connectivity index (χ1) is 23.8. The van der Waals surface area contributed by atoms with E-state index in [-0.39, 0.29) is 0 Å². The number of para-hydroxylation sites is 1. The third kappa shape index (κ3) is 4.35. The molecule has 3 heterocycles. The molecule has 0 bridgehead atoms. The maximum absolute atomic E-state index is 6.60. The van der Waals surface area contributed by atoms with Crippen LogP contribution >= 0.6 is 0 Å². The van der Waals surface area contributed by atoms with Crippen molar-refractivity contribution < 1.29 is 8.83 Å². The van der Waals surface area contributed by atoms with Gasteiger partial charge in [0.25, 0.3) is 0 Å². The Morgan fingerprint density at radius 2 is 1.38 bits per heavy atom. The Morgan fingerprint density at radius 3 is 2.31 bits per heavy atom. The molecule has 2 aliphatic rings. The van der Waals surface area contributed by atoms with E-state index in [0.29, 0.717) is 17.5 Å². The predicted molar refractivity (Wildman–Crippen MR) is 192 cm³/mol. The van der Waals surface area contributed by atoms with Gasteiger partial charge in [-0.15, -0.1) is 0 Å². The fourth-order valence-electron chi connectivity index (χ4n) is 7.33. The van der Waals surface area contributed by atoms with Crippen LogP contribution in [0.1, 0.15) is 41.3 Å². The van der Waals surface area contributed by atoms with Gasteiger partial charge in [-0.1, -0.05) is 103 Å². The third-order valence-electron chi connectivity index (χ3n) is 9.65. The van der Waals surface area contributed by atoms with E-state index in [1.165, 1.54) is 16.3 Å². The first kappa shape index (κ1) is 27.1. The Morgan fingerprint density at radius 1 is 0.562 bits per heavy atom. The van der Waals surface area contributed by atoms with Crippen molar-refractivity contribution in [3.63, 3.8) is 0 Å². The molecule has 0 saturated heterocycles. The fraction of sp³-hybridized carbons (Fsp3) is 0.0930. The van der Waals surface area contributed by atoms with Gasteiger partial charge in [0.15, 0.2) is 17.5 Å². The van der Waals surface area contributed by atoms with E-state index < -0.39 is 0 Å². The molecule has 3 aromatic heterocycles. The van der Waals surface area contributed by atoms with Crippen molar-refractivity contribution in [2.24, 2.45) is 0 Å². The van der Waals surface area contributed by atoms with Crippen LogP contribution in [0.15, 0.2) is 130 Å². The smallest absolute Gasteiger partial charge is 0.167 e. The van der Waals surface area contributed by atoms with Gasteiger partial charge in [-0.25, -0.2) is 15.0 Å². The molecule has 48 heavy (non-hydrogen) atoms. The quantitative estimate of drug-likeness (QED) is 0.196. The molecule has 0 N–H and O–H groups in total. The minimum absolute atomic E-state index is 0.607. The summed E-state index contributed by atoms with van der Waals surface area (Å²) >= 11 is 0. The SMILES string of the molecule is C1=Cc2c(oc3cc(-c4ccc5ccccc5c4)cc(-c4nc(C5=CCCc6c5oc5ccccc65)nc(-c5ccccc5)n4)c23)CC1. The van der Waals surface area contributed by atoms with Crippen molar-refractivity contribution in [3.05, 3.63) is 150 Å². The van der Waals surface area contributed by atoms with Crippen LogP contribution in [-0.4, -0.2) is 15.0 Å². The summed E-state index contributed by atoms with van der Waals surface area (Å²) in [6, 6.07) is 37.9. The number of benzene rings is 5. The van der Waals surface area contributed by atoms with Crippen molar-refractivity contribution in [3.8, 4) is 33.9 Å². The second kappa shape index (κ2) is 10.7. The standard InChI is InChI=1S/C43H29N3O2/c1-2-12-27(13-3-1)41-44-42(34-18-10-17-32-31-15-6-8-19-36(31)48-40(32)34)46-43(45-41)35-24-30(29-22-21-26-11-4-5-14-28(26)23-29)25-38-39(35)33-16-7-9-20-37(33)47-38/h1-8,11-16,18-19,21-25H,9-10,17,20H2. The van der Waals surface area contributed by atoms with Crippen molar-refractivity contribution in [2.45, 2.75) is 25.7 Å². The summed E-state index contributed by atoms with van der Waals surface area (Å²) in [5.74, 6) is 3.69. The second-order valence-corrected chi connectivity index (χ2v) is 12.6. The number of furan rings is 2. The lowest BCUT2D eigenvalue weighted by atomic mass is 9.94. The number of aromatic nitrogens is 3. The molecule has 0 aliphatic heterocycles. The Bertz CT molecular complexity index is 2620. The highest BCUT2D eigenvalue weighted by Gasteiger charge is 2.27. The number of fused-ring (bicyclic) bond motifs is 7. The number of hydrogen-bond acceptors (Lipinski definition) is 5. The van der Waals surface area contributed by atoms with Crippen molar-refractivity contribution in [1.29, 1.82) is 0 Å². The molecule has 0 fully saturated rings. The van der Waals surface area contributed by atoms with Gasteiger partial charge in [0.2, 0.25) is 0 Å². The topological polar surface area (TPSA) is 65.0 Å². The number of nitrogens with zero attached hydrogens (tertiary/aromatic N) is 3. The average molecular weight is 620 g/mol. The van der Waals surface area contributed by atoms with Gasteiger partial charge in [-0.2, -0.15) is 0 Å². The van der Waals surface area contributed by atoms with Gasteiger partial charge >= 0.3 is 0 Å². The van der Waals surface area contributed by atoms with Crippen LogP contribution in [0.25, 0.3) is 78.3 Å². The largest absolute Gasteiger partial charge is 0.460 e. The maximum atomic E-state index is 6.60. The summed E-state index contributed by atoms with van der Waals surface area (Å²) in [5.41, 5.74) is 8.97. The molecule has 10 rings (SSSR count). The molecule has 5 nitrogen and oxygen atoms in total. The molecule has 0 unspecified atom stereocenters. The zero-order valence-electron chi connectivity index (χ0n) is 26.1. The van der Waals surface area contributed by atoms with Gasteiger partial charge in [0, 0.05) is 39.4 Å². The summed E-state index contributed by atoms with van der Waals surface area (Å²) in [6.07, 6.45) is 10.3. The van der Waals surface area contributed by atoms with E-state index in [2.05, 4.69) is 85.0 Å². The number of aryl methyl sites for hydroxylation is 2. The van der Waals surface area contributed by atoms with Crippen LogP contribution in [0.4, 0.5) is 0 Å². The number of rotatable bonds is 4. The fourth-order valence-corrected chi connectivity index (χ4v) is 7.33. The molecular weight excluding hydrogens is 590 g/mol. The summed E-state index contributed by atoms with van der Waals surface area (Å²) in [6.45, 7) is 0. The maximum Gasteiger partial charge on any atom is 0.167 e. The Hall–Kier alpha value is -6.07. The Balaban J connectivity index is 1.24. The molecule has 228 valence electrons. The third-order valence-corrected chi connectivity index (χ3v) is 9.65. The minimum atomic E-state index is 0.607. The normalized spacial score (nSPS) is 14.0. The van der Waals surface area contributed by atoms with Crippen molar-refractivity contribution in [2.75, 3.05) is 0 Å². The van der Waals surface area contributed by atoms with Gasteiger partial charge in [-0.05, 0) is 65.4 Å². The molecule has 2 aliphatic carbocycles. The molecule has 0 amide bonds. The van der Waals surface area contributed by atoms with Gasteiger partial charge in [-0.3, -0.25) is 0 Å². The average Bonchev–Trinajstić information content (AvgIpc) is 3.73. The van der Waals surface area contributed by atoms with Crippen LogP contribution in [0, 0.1) is 0 Å². The summed E-state index contributed by atoms with van der Waals surface area (Å²) in [5, 5.41) is 4.58. The van der Waals surface area contributed by atoms with Crippen LogP contribution < -0.4 is 0 Å². The van der Waals surface area contributed by atoms with E-state index in [1.54, 1.807) is 0 Å². The highest BCUT2D eigenvalue weighted by Crippen LogP contribution is 2.42. The highest BCUT2D eigenvalue weighted by molar-refractivity contribution is 6.03. The lowest BCUT2D eigenvalue weighted by Gasteiger charge is -2.15. The van der Waals surface area contributed by atoms with E-state index >= 15 is 0 Å². The highest BCUT2D eigenvalue weighted by atomic mass is 16.3.